The summed E-state index contributed by atoms with van der Waals surface area (Å²) < 4.78 is 5.63. The molecule has 0 saturated heterocycles. The van der Waals surface area contributed by atoms with E-state index in [2.05, 4.69) is 10.6 Å². The quantitative estimate of drug-likeness (QED) is 0.608. The highest BCUT2D eigenvalue weighted by Gasteiger charge is 2.24. The van der Waals surface area contributed by atoms with Crippen molar-refractivity contribution in [2.24, 2.45) is 0 Å². The molecule has 0 unspecified atom stereocenters. The van der Waals surface area contributed by atoms with Crippen LogP contribution in [0.3, 0.4) is 0 Å². The van der Waals surface area contributed by atoms with Gasteiger partial charge >= 0.3 is 5.97 Å². The molecule has 5 nitrogen and oxygen atoms in total. The average Bonchev–Trinajstić information content (AvgIpc) is 2.69. The van der Waals surface area contributed by atoms with Crippen LogP contribution < -0.4 is 10.6 Å². The van der Waals surface area contributed by atoms with Crippen LogP contribution in [0.1, 0.15) is 41.6 Å². The van der Waals surface area contributed by atoms with Crippen molar-refractivity contribution in [1.29, 1.82) is 0 Å². The Hall–Kier alpha value is -2.76. The van der Waals surface area contributed by atoms with Gasteiger partial charge in [-0.05, 0) is 55.5 Å². The lowest BCUT2D eigenvalue weighted by molar-refractivity contribution is 0.0202. The Morgan fingerprint density at radius 2 is 1.74 bits per heavy atom. The average molecular weight is 362 g/mol. The van der Waals surface area contributed by atoms with Gasteiger partial charge < -0.3 is 15.4 Å². The fourth-order valence-electron chi connectivity index (χ4n) is 3.31. The van der Waals surface area contributed by atoms with E-state index in [4.69, 9.17) is 12.6 Å². The zero-order chi connectivity index (χ0) is 19.1. The van der Waals surface area contributed by atoms with E-state index >= 15 is 0 Å². The van der Waals surface area contributed by atoms with Crippen LogP contribution in [0.15, 0.2) is 54.6 Å². The maximum atomic E-state index is 12.2. The number of nitrogens with one attached hydrogen (secondary N) is 2. The molecular weight excluding hydrogens is 339 g/mol. The molecule has 2 N–H and O–H groups in total. The number of amides is 1. The van der Waals surface area contributed by atoms with Gasteiger partial charge in [-0.25, -0.2) is 4.79 Å². The van der Waals surface area contributed by atoms with Crippen LogP contribution >= 0.6 is 0 Å². The van der Waals surface area contributed by atoms with Crippen molar-refractivity contribution in [2.75, 3.05) is 5.32 Å². The van der Waals surface area contributed by atoms with Crippen molar-refractivity contribution in [3.8, 4) is 0 Å². The van der Waals surface area contributed by atoms with Crippen molar-refractivity contribution in [2.45, 2.75) is 44.4 Å². The predicted molar refractivity (Wildman–Crippen MR) is 106 cm³/mol. The summed E-state index contributed by atoms with van der Waals surface area (Å²) in [6.45, 7) is 0.410. The molecule has 0 heterocycles. The van der Waals surface area contributed by atoms with Crippen molar-refractivity contribution < 1.29 is 14.3 Å². The molecule has 3 rings (SSSR count). The molecular formula is C21H23BN2O3. The van der Waals surface area contributed by atoms with Crippen LogP contribution in [0.2, 0.25) is 0 Å². The van der Waals surface area contributed by atoms with Gasteiger partial charge in [-0.15, -0.1) is 0 Å². The number of anilines is 1. The third kappa shape index (κ3) is 5.88. The molecule has 0 aliphatic heterocycles. The molecule has 27 heavy (non-hydrogen) atoms. The third-order valence-corrected chi connectivity index (χ3v) is 4.72. The number of rotatable bonds is 6. The lowest BCUT2D eigenvalue weighted by Crippen LogP contribution is -2.31. The van der Waals surface area contributed by atoms with E-state index in [-0.39, 0.29) is 12.1 Å². The SMILES string of the molecule is [B]C(=O)NCc1cccc(NC2CCC(OC(=O)c3ccccc3)CC2)c1. The normalized spacial score (nSPS) is 19.1. The zero-order valence-electron chi connectivity index (χ0n) is 15.2. The Bertz CT molecular complexity index is 774. The minimum Gasteiger partial charge on any atom is -0.459 e. The highest BCUT2D eigenvalue weighted by Crippen LogP contribution is 2.25. The molecule has 0 aromatic heterocycles. The number of hydrogen-bond acceptors (Lipinski definition) is 4. The lowest BCUT2D eigenvalue weighted by atomic mass is 9.92. The van der Waals surface area contributed by atoms with Gasteiger partial charge in [0.1, 0.15) is 6.10 Å². The fourth-order valence-corrected chi connectivity index (χ4v) is 3.31. The molecule has 2 radical (unpaired) electrons. The molecule has 0 spiro atoms. The predicted octanol–water partition coefficient (Wildman–Crippen LogP) is 3.64. The van der Waals surface area contributed by atoms with Gasteiger partial charge in [0.05, 0.1) is 5.56 Å². The van der Waals surface area contributed by atoms with Crippen molar-refractivity contribution in [3.63, 3.8) is 0 Å². The maximum Gasteiger partial charge on any atom is 0.338 e. The van der Waals surface area contributed by atoms with Gasteiger partial charge in [-0.2, -0.15) is 0 Å². The second-order valence-corrected chi connectivity index (χ2v) is 6.81. The maximum absolute atomic E-state index is 12.2. The van der Waals surface area contributed by atoms with E-state index in [1.54, 1.807) is 12.1 Å². The third-order valence-electron chi connectivity index (χ3n) is 4.72. The van der Waals surface area contributed by atoms with Gasteiger partial charge in [0.25, 0.3) is 0 Å². The second kappa shape index (κ2) is 9.26. The first kappa shape index (κ1) is 19.0. The van der Waals surface area contributed by atoms with Crippen LogP contribution in [0.4, 0.5) is 10.5 Å². The van der Waals surface area contributed by atoms with Crippen molar-refractivity contribution in [3.05, 3.63) is 65.7 Å². The number of benzene rings is 2. The van der Waals surface area contributed by atoms with Crippen molar-refractivity contribution >= 4 is 25.3 Å². The smallest absolute Gasteiger partial charge is 0.338 e. The standard InChI is InChI=1S/C21H23BN2O3/c22-21(26)23-14-15-5-4-8-18(13-15)24-17-9-11-19(12-10-17)27-20(25)16-6-2-1-3-7-16/h1-8,13,17,19,24H,9-12,14H2,(H,23,26). The molecule has 1 saturated carbocycles. The summed E-state index contributed by atoms with van der Waals surface area (Å²) in [6, 6.07) is 17.4. The number of carbonyl (C=O) groups excluding carboxylic acids is 2. The molecule has 0 atom stereocenters. The number of hydrogen-bond donors (Lipinski definition) is 2. The van der Waals surface area contributed by atoms with E-state index in [0.717, 1.165) is 36.9 Å². The first-order chi connectivity index (χ1) is 13.1. The largest absolute Gasteiger partial charge is 0.459 e. The van der Waals surface area contributed by atoms with E-state index in [1.807, 2.05) is 42.5 Å². The molecule has 1 fully saturated rings. The Balaban J connectivity index is 1.46. The zero-order valence-corrected chi connectivity index (χ0v) is 15.2. The van der Waals surface area contributed by atoms with Crippen LogP contribution in [-0.4, -0.2) is 31.8 Å². The van der Waals surface area contributed by atoms with Crippen LogP contribution in [0.5, 0.6) is 0 Å². The molecule has 0 bridgehead atoms. The second-order valence-electron chi connectivity index (χ2n) is 6.81. The number of carbonyl (C=O) groups is 2. The van der Waals surface area contributed by atoms with Gasteiger partial charge in [-0.1, -0.05) is 30.3 Å². The lowest BCUT2D eigenvalue weighted by Gasteiger charge is -2.29. The highest BCUT2D eigenvalue weighted by molar-refractivity contribution is 6.57. The van der Waals surface area contributed by atoms with Gasteiger partial charge in [-0.3, -0.25) is 4.79 Å². The fraction of sp³-hybridized carbons (Fsp3) is 0.333. The summed E-state index contributed by atoms with van der Waals surface area (Å²) in [7, 11) is 5.11. The highest BCUT2D eigenvalue weighted by atomic mass is 16.5. The molecule has 6 heteroatoms. The number of esters is 1. The van der Waals surface area contributed by atoms with E-state index in [9.17, 15) is 9.59 Å². The number of ether oxygens (including phenoxy) is 1. The monoisotopic (exact) mass is 362 g/mol. The summed E-state index contributed by atoms with van der Waals surface area (Å²) in [4.78, 5) is 23.0. The van der Waals surface area contributed by atoms with E-state index in [0.29, 0.717) is 18.2 Å². The molecule has 138 valence electrons. The van der Waals surface area contributed by atoms with Gasteiger partial charge in [0.15, 0.2) is 5.81 Å². The molecule has 1 aliphatic rings. The Labute approximate surface area is 160 Å². The van der Waals surface area contributed by atoms with E-state index < -0.39 is 5.81 Å². The minimum atomic E-state index is -0.531. The van der Waals surface area contributed by atoms with Gasteiger partial charge in [0, 0.05) is 18.3 Å². The molecule has 2 aromatic rings. The molecule has 1 aliphatic carbocycles. The summed E-state index contributed by atoms with van der Waals surface area (Å²) in [5.74, 6) is -0.779. The van der Waals surface area contributed by atoms with Crippen LogP contribution in [0, 0.1) is 0 Å². The Morgan fingerprint density at radius 3 is 2.44 bits per heavy atom. The van der Waals surface area contributed by atoms with Gasteiger partial charge in [0.2, 0.25) is 7.85 Å². The topological polar surface area (TPSA) is 67.4 Å². The van der Waals surface area contributed by atoms with Crippen LogP contribution in [-0.2, 0) is 11.3 Å². The molecule has 1 amide bonds. The van der Waals surface area contributed by atoms with Crippen molar-refractivity contribution in [1.82, 2.24) is 5.32 Å². The minimum absolute atomic E-state index is 0.0261. The van der Waals surface area contributed by atoms with Crippen LogP contribution in [0.25, 0.3) is 0 Å². The first-order valence-electron chi connectivity index (χ1n) is 9.25. The Kier molecular flexibility index (Phi) is 6.52. The summed E-state index contributed by atoms with van der Waals surface area (Å²) in [5, 5.41) is 6.12. The summed E-state index contributed by atoms with van der Waals surface area (Å²) in [6.07, 6.45) is 3.55. The Morgan fingerprint density at radius 1 is 1.00 bits per heavy atom. The van der Waals surface area contributed by atoms with E-state index in [1.165, 1.54) is 0 Å². The summed E-state index contributed by atoms with van der Waals surface area (Å²) in [5.41, 5.74) is 2.60. The first-order valence-corrected chi connectivity index (χ1v) is 9.25. The summed E-state index contributed by atoms with van der Waals surface area (Å²) >= 11 is 0. The molecule has 2 aromatic carbocycles.